The number of sulfonamides is 1. The molecule has 0 aliphatic carbocycles. The molecule has 3 nitrogen and oxygen atoms in total. The largest absolute Gasteiger partial charge is 0.240 e. The van der Waals surface area contributed by atoms with Crippen molar-refractivity contribution in [2.75, 3.05) is 6.54 Å². The Hall–Kier alpha value is -0.390. The minimum Gasteiger partial charge on any atom is -0.210 e. The van der Waals surface area contributed by atoms with E-state index in [1.165, 1.54) is 0 Å². The molecule has 0 aliphatic rings. The molecule has 96 valence electrons. The molecule has 17 heavy (non-hydrogen) atoms. The lowest BCUT2D eigenvalue weighted by atomic mass is 10.1. The second-order valence-corrected chi connectivity index (χ2v) is 7.29. The molecular formula is C12H18BrNO2S. The molecule has 0 saturated carbocycles. The van der Waals surface area contributed by atoms with Crippen molar-refractivity contribution in [3.8, 4) is 0 Å². The zero-order valence-corrected chi connectivity index (χ0v) is 12.7. The van der Waals surface area contributed by atoms with Crippen LogP contribution in [0.3, 0.4) is 0 Å². The number of hydrogen-bond acceptors (Lipinski definition) is 2. The molecule has 1 atom stereocenters. The van der Waals surface area contributed by atoms with Gasteiger partial charge in [0.05, 0.1) is 4.90 Å². The first kappa shape index (κ1) is 14.7. The van der Waals surface area contributed by atoms with Crippen LogP contribution in [0.4, 0.5) is 0 Å². The van der Waals surface area contributed by atoms with E-state index < -0.39 is 10.0 Å². The molecule has 0 saturated heterocycles. The minimum absolute atomic E-state index is 0.140. The van der Waals surface area contributed by atoms with Crippen LogP contribution < -0.4 is 4.72 Å². The van der Waals surface area contributed by atoms with Crippen molar-refractivity contribution >= 4 is 26.0 Å². The highest BCUT2D eigenvalue weighted by molar-refractivity contribution is 9.09. The molecule has 1 aromatic carbocycles. The summed E-state index contributed by atoms with van der Waals surface area (Å²) in [6.07, 6.45) is 0. The van der Waals surface area contributed by atoms with Gasteiger partial charge in [-0.25, -0.2) is 13.1 Å². The minimum atomic E-state index is -3.40. The topological polar surface area (TPSA) is 46.2 Å². The summed E-state index contributed by atoms with van der Waals surface area (Å²) in [7, 11) is -3.40. The summed E-state index contributed by atoms with van der Waals surface area (Å²) >= 11 is 3.46. The standard InChI is InChI=1S/C12H18BrNO2S/c1-9(2)11(13)8-14-17(15,16)12-7-5-4-6-10(12)3/h4-7,9,11,14H,8H2,1-3H3. The molecule has 1 aromatic rings. The van der Waals surface area contributed by atoms with Crippen LogP contribution in [0.1, 0.15) is 19.4 Å². The molecule has 0 radical (unpaired) electrons. The second kappa shape index (κ2) is 5.98. The number of halogens is 1. The molecule has 1 rings (SSSR count). The number of aryl methyl sites for hydroxylation is 1. The molecule has 5 heteroatoms. The van der Waals surface area contributed by atoms with Crippen LogP contribution in [0.2, 0.25) is 0 Å². The molecule has 0 aliphatic heterocycles. The zero-order valence-electron chi connectivity index (χ0n) is 10.3. The van der Waals surface area contributed by atoms with Crippen LogP contribution in [0.5, 0.6) is 0 Å². The Bertz CT molecular complexity index is 471. The average molecular weight is 320 g/mol. The maximum atomic E-state index is 12.0. The van der Waals surface area contributed by atoms with Crippen LogP contribution in [0.15, 0.2) is 29.2 Å². The summed E-state index contributed by atoms with van der Waals surface area (Å²) in [5.41, 5.74) is 0.760. The van der Waals surface area contributed by atoms with Gasteiger partial charge in [0.25, 0.3) is 0 Å². The van der Waals surface area contributed by atoms with Gasteiger partial charge in [0, 0.05) is 11.4 Å². The lowest BCUT2D eigenvalue weighted by Gasteiger charge is -2.15. The van der Waals surface area contributed by atoms with Crippen LogP contribution in [-0.4, -0.2) is 19.8 Å². The van der Waals surface area contributed by atoms with E-state index >= 15 is 0 Å². The molecular weight excluding hydrogens is 302 g/mol. The predicted octanol–water partition coefficient (Wildman–Crippen LogP) is 2.69. The van der Waals surface area contributed by atoms with Gasteiger partial charge in [-0.15, -0.1) is 0 Å². The van der Waals surface area contributed by atoms with Gasteiger partial charge in [0.15, 0.2) is 0 Å². The normalized spacial score (nSPS) is 13.9. The van der Waals surface area contributed by atoms with Crippen molar-refractivity contribution in [2.45, 2.75) is 30.5 Å². The monoisotopic (exact) mass is 319 g/mol. The highest BCUT2D eigenvalue weighted by Crippen LogP contribution is 2.15. The van der Waals surface area contributed by atoms with Crippen LogP contribution >= 0.6 is 15.9 Å². The van der Waals surface area contributed by atoms with E-state index in [2.05, 4.69) is 20.7 Å². The van der Waals surface area contributed by atoms with E-state index in [-0.39, 0.29) is 4.83 Å². The van der Waals surface area contributed by atoms with E-state index in [0.717, 1.165) is 5.56 Å². The van der Waals surface area contributed by atoms with Gasteiger partial charge in [-0.05, 0) is 24.5 Å². The van der Waals surface area contributed by atoms with E-state index in [4.69, 9.17) is 0 Å². The summed E-state index contributed by atoms with van der Waals surface area (Å²) < 4.78 is 26.7. The lowest BCUT2D eigenvalue weighted by molar-refractivity contribution is 0.562. The average Bonchev–Trinajstić information content (AvgIpc) is 2.26. The molecule has 0 amide bonds. The van der Waals surface area contributed by atoms with Gasteiger partial charge < -0.3 is 0 Å². The molecule has 0 bridgehead atoms. The van der Waals surface area contributed by atoms with E-state index in [1.54, 1.807) is 25.1 Å². The number of alkyl halides is 1. The van der Waals surface area contributed by atoms with Crippen molar-refractivity contribution in [2.24, 2.45) is 5.92 Å². The third-order valence-corrected chi connectivity index (χ3v) is 5.54. The second-order valence-electron chi connectivity index (χ2n) is 4.38. The van der Waals surface area contributed by atoms with Crippen LogP contribution in [-0.2, 0) is 10.0 Å². The Balaban J connectivity index is 2.80. The number of benzene rings is 1. The number of nitrogens with one attached hydrogen (secondary N) is 1. The third-order valence-electron chi connectivity index (χ3n) is 2.57. The maximum Gasteiger partial charge on any atom is 0.240 e. The van der Waals surface area contributed by atoms with E-state index in [0.29, 0.717) is 17.4 Å². The van der Waals surface area contributed by atoms with Gasteiger partial charge in [0.2, 0.25) is 10.0 Å². The Morgan fingerprint density at radius 2 is 1.88 bits per heavy atom. The van der Waals surface area contributed by atoms with Crippen LogP contribution in [0, 0.1) is 12.8 Å². The highest BCUT2D eigenvalue weighted by Gasteiger charge is 2.18. The Morgan fingerprint density at radius 3 is 2.41 bits per heavy atom. The van der Waals surface area contributed by atoms with Gasteiger partial charge >= 0.3 is 0 Å². The first-order chi connectivity index (χ1) is 7.84. The fourth-order valence-electron chi connectivity index (χ4n) is 1.36. The number of rotatable bonds is 5. The van der Waals surface area contributed by atoms with Gasteiger partial charge in [0.1, 0.15) is 0 Å². The molecule has 1 unspecified atom stereocenters. The van der Waals surface area contributed by atoms with E-state index in [9.17, 15) is 8.42 Å². The predicted molar refractivity (Wildman–Crippen MR) is 73.9 cm³/mol. The summed E-state index contributed by atoms with van der Waals surface area (Å²) in [4.78, 5) is 0.491. The molecule has 0 spiro atoms. The lowest BCUT2D eigenvalue weighted by Crippen LogP contribution is -2.32. The van der Waals surface area contributed by atoms with Crippen molar-refractivity contribution in [3.05, 3.63) is 29.8 Å². The Morgan fingerprint density at radius 1 is 1.29 bits per heavy atom. The van der Waals surface area contributed by atoms with Gasteiger partial charge in [-0.3, -0.25) is 0 Å². The van der Waals surface area contributed by atoms with Crippen molar-refractivity contribution < 1.29 is 8.42 Å². The molecule has 1 N–H and O–H groups in total. The van der Waals surface area contributed by atoms with Crippen LogP contribution in [0.25, 0.3) is 0 Å². The summed E-state index contributed by atoms with van der Waals surface area (Å²) in [5.74, 6) is 0.384. The van der Waals surface area contributed by atoms with Crippen molar-refractivity contribution in [3.63, 3.8) is 0 Å². The van der Waals surface area contributed by atoms with Crippen molar-refractivity contribution in [1.82, 2.24) is 4.72 Å². The summed E-state index contributed by atoms with van der Waals surface area (Å²) in [5, 5.41) is 0. The molecule has 0 heterocycles. The third kappa shape index (κ3) is 4.08. The first-order valence-electron chi connectivity index (χ1n) is 5.54. The maximum absolute atomic E-state index is 12.0. The highest BCUT2D eigenvalue weighted by atomic mass is 79.9. The van der Waals surface area contributed by atoms with E-state index in [1.807, 2.05) is 19.9 Å². The number of hydrogen-bond donors (Lipinski definition) is 1. The SMILES string of the molecule is Cc1ccccc1S(=O)(=O)NCC(Br)C(C)C. The summed E-state index contributed by atoms with van der Waals surface area (Å²) in [6.45, 7) is 6.28. The zero-order chi connectivity index (χ0) is 13.1. The Labute approximate surface area is 112 Å². The van der Waals surface area contributed by atoms with Gasteiger partial charge in [-0.2, -0.15) is 0 Å². The molecule has 0 aromatic heterocycles. The van der Waals surface area contributed by atoms with Gasteiger partial charge in [-0.1, -0.05) is 48.0 Å². The quantitative estimate of drug-likeness (QED) is 0.848. The smallest absolute Gasteiger partial charge is 0.210 e. The Kier molecular flexibility index (Phi) is 5.16. The fourth-order valence-corrected chi connectivity index (χ4v) is 3.04. The first-order valence-corrected chi connectivity index (χ1v) is 7.94. The summed E-state index contributed by atoms with van der Waals surface area (Å²) in [6, 6.07) is 6.98. The fraction of sp³-hybridized carbons (Fsp3) is 0.500. The van der Waals surface area contributed by atoms with Crippen molar-refractivity contribution in [1.29, 1.82) is 0 Å². The molecule has 0 fully saturated rings.